The highest BCUT2D eigenvalue weighted by molar-refractivity contribution is 8.00. The fourth-order valence-electron chi connectivity index (χ4n) is 2.14. The average Bonchev–Trinajstić information content (AvgIpc) is 2.27. The Bertz CT molecular complexity index is 359. The van der Waals surface area contributed by atoms with Crippen molar-refractivity contribution in [2.45, 2.75) is 42.8 Å². The molecule has 3 heteroatoms. The Kier molecular flexibility index (Phi) is 4.04. The molecule has 1 aliphatic rings. The molecule has 1 nitrogen and oxygen atoms in total. The van der Waals surface area contributed by atoms with E-state index in [0.29, 0.717) is 0 Å². The van der Waals surface area contributed by atoms with Gasteiger partial charge in [-0.05, 0) is 49.8 Å². The van der Waals surface area contributed by atoms with Crippen molar-refractivity contribution in [2.75, 3.05) is 5.73 Å². The standard InChI is InChI=1S/C13H18ClNS/c1-9-2-5-11(6-3-9)16-13-8-10(15)4-7-12(13)14/h4,7-9,11H,2-3,5-6,15H2,1H3. The van der Waals surface area contributed by atoms with Crippen LogP contribution in [-0.4, -0.2) is 5.25 Å². The summed E-state index contributed by atoms with van der Waals surface area (Å²) in [5.74, 6) is 0.896. The lowest BCUT2D eigenvalue weighted by Gasteiger charge is -2.25. The lowest BCUT2D eigenvalue weighted by molar-refractivity contribution is 0.393. The molecule has 0 unspecified atom stereocenters. The molecule has 0 spiro atoms. The van der Waals surface area contributed by atoms with Gasteiger partial charge < -0.3 is 5.73 Å². The SMILES string of the molecule is CC1CCC(Sc2cc(N)ccc2Cl)CC1. The molecule has 0 bridgehead atoms. The molecule has 0 heterocycles. The van der Waals surface area contributed by atoms with Crippen LogP contribution in [0.1, 0.15) is 32.6 Å². The van der Waals surface area contributed by atoms with E-state index in [1.807, 2.05) is 30.0 Å². The van der Waals surface area contributed by atoms with Crippen LogP contribution in [-0.2, 0) is 0 Å². The molecule has 0 aromatic heterocycles. The van der Waals surface area contributed by atoms with Crippen molar-refractivity contribution >= 4 is 29.1 Å². The Morgan fingerprint density at radius 1 is 1.25 bits per heavy atom. The topological polar surface area (TPSA) is 26.0 Å². The molecule has 2 N–H and O–H groups in total. The summed E-state index contributed by atoms with van der Waals surface area (Å²) in [6.07, 6.45) is 5.29. The van der Waals surface area contributed by atoms with E-state index in [-0.39, 0.29) is 0 Å². The maximum Gasteiger partial charge on any atom is 0.0543 e. The molecule has 0 aliphatic heterocycles. The Morgan fingerprint density at radius 3 is 2.62 bits per heavy atom. The molecular formula is C13H18ClNS. The van der Waals surface area contributed by atoms with Gasteiger partial charge >= 0.3 is 0 Å². The maximum atomic E-state index is 6.17. The quantitative estimate of drug-likeness (QED) is 0.782. The van der Waals surface area contributed by atoms with Gasteiger partial charge in [0, 0.05) is 15.8 Å². The minimum absolute atomic E-state index is 0.718. The largest absolute Gasteiger partial charge is 0.399 e. The summed E-state index contributed by atoms with van der Waals surface area (Å²) in [5.41, 5.74) is 6.58. The van der Waals surface area contributed by atoms with Crippen LogP contribution < -0.4 is 5.73 Å². The van der Waals surface area contributed by atoms with Gasteiger partial charge in [0.25, 0.3) is 0 Å². The van der Waals surface area contributed by atoms with Crippen LogP contribution >= 0.6 is 23.4 Å². The average molecular weight is 256 g/mol. The molecule has 1 aromatic carbocycles. The second-order valence-corrected chi connectivity index (χ2v) is 6.44. The Hall–Kier alpha value is -0.340. The van der Waals surface area contributed by atoms with Gasteiger partial charge in [0.2, 0.25) is 0 Å². The van der Waals surface area contributed by atoms with Gasteiger partial charge in [-0.25, -0.2) is 0 Å². The van der Waals surface area contributed by atoms with Crippen molar-refractivity contribution in [3.8, 4) is 0 Å². The highest BCUT2D eigenvalue weighted by atomic mass is 35.5. The van der Waals surface area contributed by atoms with Crippen molar-refractivity contribution in [3.05, 3.63) is 23.2 Å². The van der Waals surface area contributed by atoms with Crippen LogP contribution in [0.2, 0.25) is 5.02 Å². The number of hydrogen-bond donors (Lipinski definition) is 1. The van der Waals surface area contributed by atoms with Crippen molar-refractivity contribution in [3.63, 3.8) is 0 Å². The third-order valence-corrected chi connectivity index (χ3v) is 5.05. The summed E-state index contributed by atoms with van der Waals surface area (Å²) in [6, 6.07) is 5.74. The predicted molar refractivity (Wildman–Crippen MR) is 73.1 cm³/mol. The molecule has 0 amide bonds. The number of benzene rings is 1. The summed E-state index contributed by atoms with van der Waals surface area (Å²) in [5, 5.41) is 1.55. The Balaban J connectivity index is 2.00. The van der Waals surface area contributed by atoms with E-state index < -0.39 is 0 Å². The summed E-state index contributed by atoms with van der Waals surface area (Å²) in [7, 11) is 0. The minimum atomic E-state index is 0.718. The highest BCUT2D eigenvalue weighted by Gasteiger charge is 2.19. The maximum absolute atomic E-state index is 6.17. The van der Waals surface area contributed by atoms with Crippen molar-refractivity contribution in [1.29, 1.82) is 0 Å². The lowest BCUT2D eigenvalue weighted by atomic mass is 9.91. The fraction of sp³-hybridized carbons (Fsp3) is 0.538. The zero-order chi connectivity index (χ0) is 11.5. The third kappa shape index (κ3) is 3.08. The number of halogens is 1. The van der Waals surface area contributed by atoms with Gasteiger partial charge in [0.15, 0.2) is 0 Å². The van der Waals surface area contributed by atoms with E-state index in [4.69, 9.17) is 17.3 Å². The molecule has 0 atom stereocenters. The number of nitrogens with two attached hydrogens (primary N) is 1. The summed E-state index contributed by atoms with van der Waals surface area (Å²) in [6.45, 7) is 2.34. The molecule has 88 valence electrons. The van der Waals surface area contributed by atoms with E-state index in [0.717, 1.165) is 26.8 Å². The molecule has 2 rings (SSSR count). The van der Waals surface area contributed by atoms with E-state index >= 15 is 0 Å². The van der Waals surface area contributed by atoms with Gasteiger partial charge in [0.05, 0.1) is 5.02 Å². The predicted octanol–water partition coefficient (Wildman–Crippen LogP) is 4.59. The third-order valence-electron chi connectivity index (χ3n) is 3.21. The fourth-order valence-corrected chi connectivity index (χ4v) is 3.64. The second kappa shape index (κ2) is 5.33. The van der Waals surface area contributed by atoms with Crippen molar-refractivity contribution in [2.24, 2.45) is 5.92 Å². The molecule has 16 heavy (non-hydrogen) atoms. The van der Waals surface area contributed by atoms with E-state index in [9.17, 15) is 0 Å². The van der Waals surface area contributed by atoms with Crippen molar-refractivity contribution < 1.29 is 0 Å². The van der Waals surface area contributed by atoms with Gasteiger partial charge in [-0.2, -0.15) is 0 Å². The monoisotopic (exact) mass is 255 g/mol. The molecular weight excluding hydrogens is 238 g/mol. The highest BCUT2D eigenvalue weighted by Crippen LogP contribution is 2.39. The zero-order valence-electron chi connectivity index (χ0n) is 9.58. The number of rotatable bonds is 2. The van der Waals surface area contributed by atoms with Crippen LogP contribution in [0.25, 0.3) is 0 Å². The smallest absolute Gasteiger partial charge is 0.0543 e. The molecule has 0 radical (unpaired) electrons. The van der Waals surface area contributed by atoms with Gasteiger partial charge in [-0.3, -0.25) is 0 Å². The summed E-state index contributed by atoms with van der Waals surface area (Å²) >= 11 is 8.06. The van der Waals surface area contributed by atoms with Gasteiger partial charge in [0.1, 0.15) is 0 Å². The first kappa shape index (κ1) is 12.1. The molecule has 0 saturated heterocycles. The molecule has 1 fully saturated rings. The van der Waals surface area contributed by atoms with Crippen LogP contribution in [0.4, 0.5) is 5.69 Å². The first-order chi connectivity index (χ1) is 7.65. The normalized spacial score (nSPS) is 25.6. The zero-order valence-corrected chi connectivity index (χ0v) is 11.2. The number of anilines is 1. The van der Waals surface area contributed by atoms with Crippen LogP contribution in [0.3, 0.4) is 0 Å². The van der Waals surface area contributed by atoms with E-state index in [2.05, 4.69) is 6.92 Å². The Labute approximate surface area is 107 Å². The first-order valence-electron chi connectivity index (χ1n) is 5.87. The van der Waals surface area contributed by atoms with Crippen molar-refractivity contribution in [1.82, 2.24) is 0 Å². The number of hydrogen-bond acceptors (Lipinski definition) is 2. The molecule has 1 aliphatic carbocycles. The van der Waals surface area contributed by atoms with E-state index in [1.54, 1.807) is 0 Å². The van der Waals surface area contributed by atoms with Crippen LogP contribution in [0.15, 0.2) is 23.1 Å². The number of nitrogen functional groups attached to an aromatic ring is 1. The minimum Gasteiger partial charge on any atom is -0.399 e. The van der Waals surface area contributed by atoms with E-state index in [1.165, 1.54) is 25.7 Å². The second-order valence-electron chi connectivity index (χ2n) is 4.69. The van der Waals surface area contributed by atoms with Crippen LogP contribution in [0, 0.1) is 5.92 Å². The van der Waals surface area contributed by atoms with Crippen LogP contribution in [0.5, 0.6) is 0 Å². The summed E-state index contributed by atoms with van der Waals surface area (Å²) < 4.78 is 0. The molecule has 1 aromatic rings. The first-order valence-corrected chi connectivity index (χ1v) is 7.12. The number of thioether (sulfide) groups is 1. The Morgan fingerprint density at radius 2 is 1.94 bits per heavy atom. The van der Waals surface area contributed by atoms with Gasteiger partial charge in [-0.1, -0.05) is 18.5 Å². The molecule has 1 saturated carbocycles. The summed E-state index contributed by atoms with van der Waals surface area (Å²) in [4.78, 5) is 1.14. The van der Waals surface area contributed by atoms with Gasteiger partial charge in [-0.15, -0.1) is 11.8 Å². The lowest BCUT2D eigenvalue weighted by Crippen LogP contribution is -2.13.